The quantitative estimate of drug-likeness (QED) is 0.0906. The van der Waals surface area contributed by atoms with Gasteiger partial charge in [-0.2, -0.15) is 0 Å². The summed E-state index contributed by atoms with van der Waals surface area (Å²) in [5, 5.41) is 0. The Labute approximate surface area is 507 Å². The molecule has 0 aliphatic rings. The summed E-state index contributed by atoms with van der Waals surface area (Å²) >= 11 is 0. The Kier molecular flexibility index (Phi) is 19.8. The SMILES string of the molecule is Cc1ccc(Oc2ccc(-c3ccc(Oc4ccc(C)cc4)cc3)cc2)cc1.Cc1ccc(Oc2ccc(Cc3ccc(Oc4ccc(C)cc4)cc3)cc2)cc1.Cc1cccc(Oc2ccc(Cc3ccc(Oc4cccc(C)c4)cc3)cc2)c1. The molecule has 6 heteroatoms. The molecule has 0 saturated carbocycles. The number of hydrogen-bond acceptors (Lipinski definition) is 6. The zero-order valence-electron chi connectivity index (χ0n) is 49.6. The number of benzene rings is 12. The fourth-order valence-corrected chi connectivity index (χ4v) is 9.20. The average molecular weight is 1130 g/mol. The van der Waals surface area contributed by atoms with Crippen molar-refractivity contribution in [1.82, 2.24) is 0 Å². The van der Waals surface area contributed by atoms with Crippen LogP contribution in [0, 0.1) is 41.5 Å². The van der Waals surface area contributed by atoms with Crippen LogP contribution in [0.25, 0.3) is 11.1 Å². The summed E-state index contributed by atoms with van der Waals surface area (Å²) in [6, 6.07) is 97.7. The van der Waals surface area contributed by atoms with E-state index in [0.717, 1.165) is 93.0 Å². The smallest absolute Gasteiger partial charge is 0.127 e. The van der Waals surface area contributed by atoms with Gasteiger partial charge in [-0.1, -0.05) is 168 Å². The molecule has 0 aromatic heterocycles. The first-order chi connectivity index (χ1) is 41.9. The van der Waals surface area contributed by atoms with Crippen molar-refractivity contribution in [3.05, 3.63) is 347 Å². The molecule has 0 atom stereocenters. The van der Waals surface area contributed by atoms with Crippen LogP contribution in [0.3, 0.4) is 0 Å². The fourth-order valence-electron chi connectivity index (χ4n) is 9.20. The predicted molar refractivity (Wildman–Crippen MR) is 351 cm³/mol. The van der Waals surface area contributed by atoms with Crippen LogP contribution < -0.4 is 28.4 Å². The first kappa shape index (κ1) is 58.6. The highest BCUT2D eigenvalue weighted by molar-refractivity contribution is 5.65. The Morgan fingerprint density at radius 1 is 0.174 bits per heavy atom. The first-order valence-electron chi connectivity index (χ1n) is 29.0. The average Bonchev–Trinajstić information content (AvgIpc) is 3.56. The Morgan fingerprint density at radius 2 is 0.360 bits per heavy atom. The Morgan fingerprint density at radius 3 is 0.570 bits per heavy atom. The van der Waals surface area contributed by atoms with Crippen LogP contribution in [0.15, 0.2) is 291 Å². The summed E-state index contributed by atoms with van der Waals surface area (Å²) < 4.78 is 35.5. The Bertz CT molecular complexity index is 3740. The first-order valence-corrected chi connectivity index (χ1v) is 29.0. The largest absolute Gasteiger partial charge is 0.457 e. The maximum atomic E-state index is 5.93. The molecule has 0 radical (unpaired) electrons. The lowest BCUT2D eigenvalue weighted by atomic mass is 10.0. The van der Waals surface area contributed by atoms with Crippen molar-refractivity contribution in [2.45, 2.75) is 54.4 Å². The maximum absolute atomic E-state index is 5.93. The highest BCUT2D eigenvalue weighted by Gasteiger charge is 2.07. The highest BCUT2D eigenvalue weighted by atomic mass is 16.5. The Hall–Kier alpha value is -10.6. The number of rotatable bonds is 17. The van der Waals surface area contributed by atoms with Crippen molar-refractivity contribution in [2.24, 2.45) is 0 Å². The fraction of sp³-hybridized carbons (Fsp3) is 0.100. The maximum Gasteiger partial charge on any atom is 0.127 e. The standard InChI is InChI=1S/2C27H24O2.C26H22O2/c1-20-3-11-24(12-4-20)28-26-15-7-22(8-16-26)19-23-9-17-27(18-10-23)29-25-13-5-21(2)6-14-25;1-20-5-3-7-26(17-20)28-24-13-9-22(10-14-24)19-23-11-15-25(16-12-23)29-27-8-4-6-21(2)18-27;1-19-3-11-23(12-4-19)27-25-15-7-21(8-16-25)22-9-17-26(18-10-22)28-24-13-5-20(2)6-14-24/h2*3-18H,19H2,1-2H3;3-18H,1-2H3. The van der Waals surface area contributed by atoms with Gasteiger partial charge in [-0.25, -0.2) is 0 Å². The van der Waals surface area contributed by atoms with E-state index in [1.165, 1.54) is 55.6 Å². The van der Waals surface area contributed by atoms with E-state index in [1.54, 1.807) is 0 Å². The minimum Gasteiger partial charge on any atom is -0.457 e. The predicted octanol–water partition coefficient (Wildman–Crippen LogP) is 22.5. The minimum absolute atomic E-state index is 0.826. The molecule has 12 rings (SSSR count). The molecule has 426 valence electrons. The second kappa shape index (κ2) is 29.1. The molecule has 0 aliphatic carbocycles. The third-order valence-electron chi connectivity index (χ3n) is 14.0. The van der Waals surface area contributed by atoms with Crippen LogP contribution in [-0.2, 0) is 12.8 Å². The molecule has 0 N–H and O–H groups in total. The lowest BCUT2D eigenvalue weighted by molar-refractivity contribution is 0.481. The molecule has 0 spiro atoms. The van der Waals surface area contributed by atoms with Gasteiger partial charge in [0.2, 0.25) is 0 Å². The highest BCUT2D eigenvalue weighted by Crippen LogP contribution is 2.31. The van der Waals surface area contributed by atoms with Crippen LogP contribution in [0.1, 0.15) is 55.6 Å². The molecular weight excluding hydrogens is 1060 g/mol. The molecule has 0 aliphatic heterocycles. The van der Waals surface area contributed by atoms with Gasteiger partial charge in [-0.15, -0.1) is 0 Å². The zero-order chi connectivity index (χ0) is 59.5. The third-order valence-corrected chi connectivity index (χ3v) is 14.0. The molecular formula is C80H70O6. The van der Waals surface area contributed by atoms with Gasteiger partial charge in [0, 0.05) is 0 Å². The van der Waals surface area contributed by atoms with Gasteiger partial charge in [-0.3, -0.25) is 0 Å². The molecule has 12 aromatic rings. The second-order valence-electron chi connectivity index (χ2n) is 21.5. The molecule has 0 saturated heterocycles. The van der Waals surface area contributed by atoms with Crippen molar-refractivity contribution >= 4 is 0 Å². The molecule has 0 fully saturated rings. The number of aryl methyl sites for hydroxylation is 6. The van der Waals surface area contributed by atoms with Crippen molar-refractivity contribution in [2.75, 3.05) is 0 Å². The topological polar surface area (TPSA) is 55.4 Å². The summed E-state index contributed by atoms with van der Waals surface area (Å²) in [5.74, 6) is 10.2. The van der Waals surface area contributed by atoms with Crippen LogP contribution in [0.4, 0.5) is 0 Å². The molecule has 6 nitrogen and oxygen atoms in total. The van der Waals surface area contributed by atoms with Gasteiger partial charge < -0.3 is 28.4 Å². The van der Waals surface area contributed by atoms with Gasteiger partial charge >= 0.3 is 0 Å². The summed E-state index contributed by atoms with van der Waals surface area (Å²) in [6.07, 6.45) is 1.74. The lowest BCUT2D eigenvalue weighted by Crippen LogP contribution is -1.90. The summed E-state index contributed by atoms with van der Waals surface area (Å²) in [7, 11) is 0. The molecule has 0 amide bonds. The van der Waals surface area contributed by atoms with Gasteiger partial charge in [-0.05, 0) is 244 Å². The normalized spacial score (nSPS) is 10.5. The van der Waals surface area contributed by atoms with Crippen LogP contribution in [0.2, 0.25) is 0 Å². The van der Waals surface area contributed by atoms with Crippen molar-refractivity contribution in [3.63, 3.8) is 0 Å². The van der Waals surface area contributed by atoms with Crippen LogP contribution >= 0.6 is 0 Å². The summed E-state index contributed by atoms with van der Waals surface area (Å²) in [4.78, 5) is 0. The van der Waals surface area contributed by atoms with E-state index in [1.807, 2.05) is 182 Å². The number of ether oxygens (including phenoxy) is 6. The van der Waals surface area contributed by atoms with Gasteiger partial charge in [0.05, 0.1) is 0 Å². The lowest BCUT2D eigenvalue weighted by Gasteiger charge is -2.09. The Balaban J connectivity index is 0.000000143. The second-order valence-corrected chi connectivity index (χ2v) is 21.5. The van der Waals surface area contributed by atoms with Crippen LogP contribution in [0.5, 0.6) is 69.0 Å². The molecule has 0 bridgehead atoms. The summed E-state index contributed by atoms with van der Waals surface area (Å²) in [5.41, 5.74) is 14.5. The van der Waals surface area contributed by atoms with E-state index < -0.39 is 0 Å². The van der Waals surface area contributed by atoms with Gasteiger partial charge in [0.1, 0.15) is 69.0 Å². The van der Waals surface area contributed by atoms with E-state index in [9.17, 15) is 0 Å². The minimum atomic E-state index is 0.826. The zero-order valence-corrected chi connectivity index (χ0v) is 49.6. The van der Waals surface area contributed by atoms with E-state index in [0.29, 0.717) is 0 Å². The van der Waals surface area contributed by atoms with E-state index >= 15 is 0 Å². The van der Waals surface area contributed by atoms with E-state index in [-0.39, 0.29) is 0 Å². The van der Waals surface area contributed by atoms with E-state index in [4.69, 9.17) is 28.4 Å². The van der Waals surface area contributed by atoms with Gasteiger partial charge in [0.25, 0.3) is 0 Å². The molecule has 12 aromatic carbocycles. The summed E-state index contributed by atoms with van der Waals surface area (Å²) in [6.45, 7) is 12.4. The molecule has 86 heavy (non-hydrogen) atoms. The third kappa shape index (κ3) is 18.2. The van der Waals surface area contributed by atoms with Crippen LogP contribution in [-0.4, -0.2) is 0 Å². The molecule has 0 heterocycles. The molecule has 0 unspecified atom stereocenters. The number of hydrogen-bond donors (Lipinski definition) is 0. The monoisotopic (exact) mass is 1130 g/mol. The van der Waals surface area contributed by atoms with Crippen molar-refractivity contribution in [3.8, 4) is 80.1 Å². The van der Waals surface area contributed by atoms with Crippen molar-refractivity contribution in [1.29, 1.82) is 0 Å². The van der Waals surface area contributed by atoms with E-state index in [2.05, 4.69) is 151 Å². The van der Waals surface area contributed by atoms with Crippen molar-refractivity contribution < 1.29 is 28.4 Å². The van der Waals surface area contributed by atoms with Gasteiger partial charge in [0.15, 0.2) is 0 Å².